The van der Waals surface area contributed by atoms with Crippen molar-refractivity contribution < 1.29 is 31.8 Å². The first-order valence-electron chi connectivity index (χ1n) is 11.3. The van der Waals surface area contributed by atoms with E-state index in [1.54, 1.807) is 24.4 Å². The highest BCUT2D eigenvalue weighted by Crippen LogP contribution is 2.31. The number of rotatable bonds is 5. The van der Waals surface area contributed by atoms with Crippen molar-refractivity contribution in [2.24, 2.45) is 0 Å². The van der Waals surface area contributed by atoms with Crippen molar-refractivity contribution in [3.63, 3.8) is 0 Å². The fourth-order valence-corrected chi connectivity index (χ4v) is 3.82. The summed E-state index contributed by atoms with van der Waals surface area (Å²) >= 11 is 0. The number of nitrogens with zero attached hydrogens (tertiary/aromatic N) is 3. The van der Waals surface area contributed by atoms with E-state index in [1.807, 2.05) is 0 Å². The second-order valence-corrected chi connectivity index (χ2v) is 8.26. The number of nitrogens with one attached hydrogen (secondary N) is 1. The SMILES string of the molecule is O=C(Nc1ccc(F)c(Oc2ccc3ncc(N4CCOCC4)nc3c2)c1)c1cccc(C(F)(F)F)c1. The van der Waals surface area contributed by atoms with Crippen LogP contribution in [0.15, 0.2) is 66.9 Å². The number of anilines is 2. The second kappa shape index (κ2) is 10.0. The lowest BCUT2D eigenvalue weighted by Gasteiger charge is -2.27. The summed E-state index contributed by atoms with van der Waals surface area (Å²) in [7, 11) is 0. The van der Waals surface area contributed by atoms with Crippen LogP contribution in [0.3, 0.4) is 0 Å². The molecule has 37 heavy (non-hydrogen) atoms. The van der Waals surface area contributed by atoms with Gasteiger partial charge in [0.05, 0.1) is 36.0 Å². The van der Waals surface area contributed by atoms with Gasteiger partial charge in [0.1, 0.15) is 11.6 Å². The number of carbonyl (C=O) groups is 1. The van der Waals surface area contributed by atoms with Gasteiger partial charge in [-0.3, -0.25) is 9.78 Å². The third-order valence-electron chi connectivity index (χ3n) is 5.71. The largest absolute Gasteiger partial charge is 0.454 e. The molecular formula is C26H20F4N4O3. The van der Waals surface area contributed by atoms with Gasteiger partial charge in [-0.2, -0.15) is 13.2 Å². The van der Waals surface area contributed by atoms with Crippen LogP contribution in [0.5, 0.6) is 11.5 Å². The van der Waals surface area contributed by atoms with E-state index in [-0.39, 0.29) is 17.0 Å². The minimum absolute atomic E-state index is 0.147. The maximum absolute atomic E-state index is 14.5. The molecule has 0 saturated carbocycles. The highest BCUT2D eigenvalue weighted by molar-refractivity contribution is 6.04. The second-order valence-electron chi connectivity index (χ2n) is 8.26. The Labute approximate surface area is 208 Å². The van der Waals surface area contributed by atoms with Crippen molar-refractivity contribution in [3.8, 4) is 11.5 Å². The summed E-state index contributed by atoms with van der Waals surface area (Å²) in [5.41, 5.74) is 0.196. The predicted molar refractivity (Wildman–Crippen MR) is 128 cm³/mol. The fourth-order valence-electron chi connectivity index (χ4n) is 3.82. The van der Waals surface area contributed by atoms with E-state index in [0.717, 1.165) is 24.3 Å². The molecule has 0 unspecified atom stereocenters. The molecular weight excluding hydrogens is 492 g/mol. The van der Waals surface area contributed by atoms with Crippen molar-refractivity contribution in [1.82, 2.24) is 9.97 Å². The molecule has 1 aromatic heterocycles. The van der Waals surface area contributed by atoms with Crippen LogP contribution in [-0.4, -0.2) is 42.2 Å². The van der Waals surface area contributed by atoms with Crippen LogP contribution in [0.2, 0.25) is 0 Å². The molecule has 1 fully saturated rings. The zero-order valence-electron chi connectivity index (χ0n) is 19.3. The van der Waals surface area contributed by atoms with E-state index < -0.39 is 23.5 Å². The van der Waals surface area contributed by atoms with Gasteiger partial charge in [-0.15, -0.1) is 0 Å². The van der Waals surface area contributed by atoms with Gasteiger partial charge in [-0.25, -0.2) is 9.37 Å². The van der Waals surface area contributed by atoms with E-state index in [4.69, 9.17) is 9.47 Å². The predicted octanol–water partition coefficient (Wildman–Crippen LogP) is 5.67. The van der Waals surface area contributed by atoms with Crippen molar-refractivity contribution in [3.05, 3.63) is 83.8 Å². The fraction of sp³-hybridized carbons (Fsp3) is 0.192. The third kappa shape index (κ3) is 5.61. The van der Waals surface area contributed by atoms with Gasteiger partial charge in [0.2, 0.25) is 0 Å². The molecule has 1 aliphatic heterocycles. The molecule has 0 radical (unpaired) electrons. The summed E-state index contributed by atoms with van der Waals surface area (Å²) in [6, 6.07) is 12.6. The first-order valence-corrected chi connectivity index (χ1v) is 11.3. The Hall–Kier alpha value is -4.25. The highest BCUT2D eigenvalue weighted by atomic mass is 19.4. The van der Waals surface area contributed by atoms with Crippen LogP contribution in [0.1, 0.15) is 15.9 Å². The maximum Gasteiger partial charge on any atom is 0.416 e. The molecule has 0 spiro atoms. The van der Waals surface area contributed by atoms with Crippen LogP contribution in [-0.2, 0) is 10.9 Å². The lowest BCUT2D eigenvalue weighted by molar-refractivity contribution is -0.137. The molecule has 1 aliphatic rings. The van der Waals surface area contributed by atoms with E-state index in [2.05, 4.69) is 20.2 Å². The van der Waals surface area contributed by atoms with Gasteiger partial charge < -0.3 is 19.7 Å². The zero-order valence-corrected chi connectivity index (χ0v) is 19.3. The Bertz CT molecular complexity index is 1460. The number of morpholine rings is 1. The molecule has 2 heterocycles. The Balaban J connectivity index is 1.35. The summed E-state index contributed by atoms with van der Waals surface area (Å²) in [5, 5.41) is 2.47. The van der Waals surface area contributed by atoms with Crippen LogP contribution in [0.4, 0.5) is 29.1 Å². The first-order chi connectivity index (χ1) is 17.8. The number of hydrogen-bond donors (Lipinski definition) is 1. The lowest BCUT2D eigenvalue weighted by Crippen LogP contribution is -2.36. The maximum atomic E-state index is 14.5. The van der Waals surface area contributed by atoms with E-state index in [1.165, 1.54) is 18.2 Å². The standard InChI is InChI=1S/C26H20F4N4O3/c27-20-6-4-18(32-25(35)16-2-1-3-17(12-16)26(28,29)30)13-23(20)37-19-5-7-21-22(14-19)33-24(15-31-21)34-8-10-36-11-9-34/h1-7,12-15H,8-11H2,(H,32,35). The van der Waals surface area contributed by atoms with Gasteiger partial charge in [-0.05, 0) is 42.5 Å². The van der Waals surface area contributed by atoms with Crippen LogP contribution >= 0.6 is 0 Å². The molecule has 1 saturated heterocycles. The number of carbonyl (C=O) groups excluding carboxylic acids is 1. The van der Waals surface area contributed by atoms with Crippen molar-refractivity contribution in [2.45, 2.75) is 6.18 Å². The number of aromatic nitrogens is 2. The number of halogens is 4. The number of amides is 1. The van der Waals surface area contributed by atoms with E-state index in [0.29, 0.717) is 48.9 Å². The molecule has 3 aromatic carbocycles. The number of hydrogen-bond acceptors (Lipinski definition) is 6. The average molecular weight is 512 g/mol. The summed E-state index contributed by atoms with van der Waals surface area (Å²) < 4.78 is 64.5. The Morgan fingerprint density at radius 2 is 1.81 bits per heavy atom. The number of fused-ring (bicyclic) bond motifs is 1. The third-order valence-corrected chi connectivity index (χ3v) is 5.71. The minimum atomic E-state index is -4.58. The molecule has 190 valence electrons. The molecule has 0 aliphatic carbocycles. The van der Waals surface area contributed by atoms with Crippen molar-refractivity contribution in [2.75, 3.05) is 36.5 Å². The minimum Gasteiger partial charge on any atom is -0.454 e. The van der Waals surface area contributed by atoms with Crippen LogP contribution < -0.4 is 15.0 Å². The summed E-state index contributed by atoms with van der Waals surface area (Å²) in [4.78, 5) is 23.6. The quantitative estimate of drug-likeness (QED) is 0.348. The molecule has 11 heteroatoms. The van der Waals surface area contributed by atoms with Gasteiger partial charge in [0.15, 0.2) is 11.6 Å². The highest BCUT2D eigenvalue weighted by Gasteiger charge is 2.31. The topological polar surface area (TPSA) is 76.6 Å². The lowest BCUT2D eigenvalue weighted by atomic mass is 10.1. The number of ether oxygens (including phenoxy) is 2. The summed E-state index contributed by atoms with van der Waals surface area (Å²) in [6.07, 6.45) is -2.90. The molecule has 0 atom stereocenters. The van der Waals surface area contributed by atoms with Crippen molar-refractivity contribution in [1.29, 1.82) is 0 Å². The molecule has 7 nitrogen and oxygen atoms in total. The Morgan fingerprint density at radius 1 is 1.00 bits per heavy atom. The first kappa shape index (κ1) is 24.4. The molecule has 0 bridgehead atoms. The van der Waals surface area contributed by atoms with Crippen molar-refractivity contribution >= 4 is 28.4 Å². The van der Waals surface area contributed by atoms with E-state index in [9.17, 15) is 22.4 Å². The monoisotopic (exact) mass is 512 g/mol. The van der Waals surface area contributed by atoms with Crippen LogP contribution in [0, 0.1) is 5.82 Å². The molecule has 1 amide bonds. The summed E-state index contributed by atoms with van der Waals surface area (Å²) in [6.45, 7) is 2.59. The molecule has 5 rings (SSSR count). The molecule has 1 N–H and O–H groups in total. The number of benzene rings is 3. The molecule has 4 aromatic rings. The Morgan fingerprint density at radius 3 is 2.59 bits per heavy atom. The Kier molecular flexibility index (Phi) is 6.62. The van der Waals surface area contributed by atoms with Gasteiger partial charge >= 0.3 is 6.18 Å². The zero-order chi connectivity index (χ0) is 26.0. The normalized spacial score (nSPS) is 14.0. The smallest absolute Gasteiger partial charge is 0.416 e. The van der Waals surface area contributed by atoms with Gasteiger partial charge in [-0.1, -0.05) is 6.07 Å². The summed E-state index contributed by atoms with van der Waals surface area (Å²) in [5.74, 6) is -0.663. The van der Waals surface area contributed by atoms with Crippen LogP contribution in [0.25, 0.3) is 11.0 Å². The average Bonchev–Trinajstić information content (AvgIpc) is 2.90. The van der Waals surface area contributed by atoms with Gasteiger partial charge in [0, 0.05) is 36.5 Å². The van der Waals surface area contributed by atoms with Gasteiger partial charge in [0.25, 0.3) is 5.91 Å². The van der Waals surface area contributed by atoms with E-state index >= 15 is 0 Å². The number of alkyl halides is 3.